The molecule has 1 rings (SSSR count). The largest absolute Gasteiger partial charge is 0.394 e. The number of ketones is 1. The quantitative estimate of drug-likeness (QED) is 0.353. The molecule has 7 nitrogen and oxygen atoms in total. The van der Waals surface area contributed by atoms with Crippen molar-refractivity contribution in [3.8, 4) is 0 Å². The van der Waals surface area contributed by atoms with Gasteiger partial charge in [-0.2, -0.15) is 0 Å². The summed E-state index contributed by atoms with van der Waals surface area (Å²) in [5.74, 6) is -3.19. The summed E-state index contributed by atoms with van der Waals surface area (Å²) < 4.78 is 4.86. The van der Waals surface area contributed by atoms with Gasteiger partial charge in [-0.3, -0.25) is 4.79 Å². The molecule has 0 aromatic carbocycles. The molecule has 5 atom stereocenters. The molecule has 0 spiro atoms. The molecule has 0 amide bonds. The second-order valence-electron chi connectivity index (χ2n) is 3.60. The topological polar surface area (TPSA) is 133 Å². The van der Waals surface area contributed by atoms with Crippen LogP contribution in [-0.2, 0) is 9.53 Å². The fraction of sp³-hybridized carbons (Fsp3) is 0.875. The minimum atomic E-state index is -2.41. The predicted molar refractivity (Wildman–Crippen MR) is 55.7 cm³/mol. The van der Waals surface area contributed by atoms with E-state index in [1.807, 2.05) is 0 Å². The van der Waals surface area contributed by atoms with Crippen LogP contribution in [0.4, 0.5) is 0 Å². The van der Waals surface area contributed by atoms with Crippen molar-refractivity contribution in [2.45, 2.75) is 30.1 Å². The Bertz CT molecular complexity index is 275. The molecule has 0 aliphatic carbocycles. The van der Waals surface area contributed by atoms with Gasteiger partial charge in [-0.05, 0) is 0 Å². The molecular weight excluding hydrogens is 286 g/mol. The summed E-state index contributed by atoms with van der Waals surface area (Å²) in [5.41, 5.74) is 5.43. The second-order valence-corrected chi connectivity index (χ2v) is 4.16. The molecule has 0 aromatic rings. The van der Waals surface area contributed by atoms with Crippen molar-refractivity contribution in [2.24, 2.45) is 5.73 Å². The highest BCUT2D eigenvalue weighted by molar-refractivity contribution is 9.09. The Kier molecular flexibility index (Phi) is 4.41. The van der Waals surface area contributed by atoms with E-state index in [4.69, 9.17) is 15.6 Å². The highest BCUT2D eigenvalue weighted by Gasteiger charge is 2.55. The fourth-order valence-corrected chi connectivity index (χ4v) is 1.94. The van der Waals surface area contributed by atoms with Gasteiger partial charge < -0.3 is 30.9 Å². The molecule has 16 heavy (non-hydrogen) atoms. The zero-order valence-electron chi connectivity index (χ0n) is 8.28. The Morgan fingerprint density at radius 2 is 2.00 bits per heavy atom. The number of carbonyl (C=O) groups excluding carboxylic acids is 1. The lowest BCUT2D eigenvalue weighted by molar-refractivity contribution is -0.296. The lowest BCUT2D eigenvalue weighted by Crippen LogP contribution is -2.71. The summed E-state index contributed by atoms with van der Waals surface area (Å²) >= 11 is 2.84. The summed E-state index contributed by atoms with van der Waals surface area (Å²) in [6.07, 6.45) is -4.27. The van der Waals surface area contributed by atoms with Crippen LogP contribution < -0.4 is 5.73 Å². The number of alkyl halides is 1. The summed E-state index contributed by atoms with van der Waals surface area (Å²) in [7, 11) is 0. The smallest absolute Gasteiger partial charge is 0.246 e. The number of ether oxygens (including phenoxy) is 1. The Morgan fingerprint density at radius 3 is 2.44 bits per heavy atom. The van der Waals surface area contributed by atoms with Crippen molar-refractivity contribution in [1.82, 2.24) is 0 Å². The number of carbonyl (C=O) groups is 1. The first-order valence-electron chi connectivity index (χ1n) is 4.60. The number of aliphatic hydroxyl groups excluding tert-OH is 3. The monoisotopic (exact) mass is 299 g/mol. The Morgan fingerprint density at radius 1 is 1.44 bits per heavy atom. The first-order valence-corrected chi connectivity index (χ1v) is 5.72. The average Bonchev–Trinajstić information content (AvgIpc) is 2.30. The second kappa shape index (κ2) is 5.05. The van der Waals surface area contributed by atoms with Crippen molar-refractivity contribution >= 4 is 21.7 Å². The van der Waals surface area contributed by atoms with Crippen LogP contribution in [0.15, 0.2) is 0 Å². The van der Waals surface area contributed by atoms with Crippen LogP contribution in [-0.4, -0.2) is 68.3 Å². The van der Waals surface area contributed by atoms with E-state index in [0.717, 1.165) is 0 Å². The van der Waals surface area contributed by atoms with Gasteiger partial charge in [0.1, 0.15) is 18.3 Å². The van der Waals surface area contributed by atoms with Crippen LogP contribution in [0.3, 0.4) is 0 Å². The highest BCUT2D eigenvalue weighted by atomic mass is 79.9. The number of hydrogen-bond acceptors (Lipinski definition) is 7. The minimum absolute atomic E-state index is 0.224. The molecule has 1 saturated heterocycles. The fourth-order valence-electron chi connectivity index (χ4n) is 1.54. The van der Waals surface area contributed by atoms with Gasteiger partial charge in [-0.15, -0.1) is 0 Å². The first kappa shape index (κ1) is 14.0. The Hall–Kier alpha value is -0.0900. The van der Waals surface area contributed by atoms with Crippen LogP contribution in [0.1, 0.15) is 0 Å². The van der Waals surface area contributed by atoms with Gasteiger partial charge in [-0.1, -0.05) is 15.9 Å². The SMILES string of the molecule is N[C@@H]1[C@@H](O)[C@@H](O)[C@@H](CO)OC1(O)C(=O)CBr. The van der Waals surface area contributed by atoms with Gasteiger partial charge in [-0.25, -0.2) is 0 Å². The zero-order valence-corrected chi connectivity index (χ0v) is 9.87. The lowest BCUT2D eigenvalue weighted by Gasteiger charge is -2.44. The van der Waals surface area contributed by atoms with Crippen molar-refractivity contribution in [2.75, 3.05) is 11.9 Å². The summed E-state index contributed by atoms with van der Waals surface area (Å²) in [5, 5.41) is 37.5. The first-order chi connectivity index (χ1) is 7.38. The van der Waals surface area contributed by atoms with Crippen LogP contribution in [0, 0.1) is 0 Å². The minimum Gasteiger partial charge on any atom is -0.394 e. The lowest BCUT2D eigenvalue weighted by atomic mass is 9.89. The summed E-state index contributed by atoms with van der Waals surface area (Å²) in [4.78, 5) is 11.4. The normalized spacial score (nSPS) is 44.4. The van der Waals surface area contributed by atoms with Crippen molar-refractivity contribution in [3.05, 3.63) is 0 Å². The van der Waals surface area contributed by atoms with Crippen molar-refractivity contribution in [1.29, 1.82) is 0 Å². The number of halogens is 1. The van der Waals surface area contributed by atoms with Gasteiger partial charge in [0.05, 0.1) is 18.0 Å². The third-order valence-corrected chi connectivity index (χ3v) is 3.09. The number of aliphatic hydroxyl groups is 4. The molecule has 94 valence electrons. The van der Waals surface area contributed by atoms with Crippen molar-refractivity contribution in [3.63, 3.8) is 0 Å². The maximum atomic E-state index is 11.4. The average molecular weight is 300 g/mol. The van der Waals surface area contributed by atoms with E-state index in [0.29, 0.717) is 0 Å². The maximum Gasteiger partial charge on any atom is 0.246 e. The molecular formula is C8H14BrNO6. The summed E-state index contributed by atoms with van der Waals surface area (Å²) in [6, 6.07) is -1.48. The van der Waals surface area contributed by atoms with E-state index in [-0.39, 0.29) is 5.33 Å². The molecule has 0 saturated carbocycles. The molecule has 0 bridgehead atoms. The highest BCUT2D eigenvalue weighted by Crippen LogP contribution is 2.28. The third kappa shape index (κ3) is 2.14. The van der Waals surface area contributed by atoms with E-state index >= 15 is 0 Å². The van der Waals surface area contributed by atoms with E-state index < -0.39 is 42.5 Å². The van der Waals surface area contributed by atoms with Gasteiger partial charge in [0, 0.05) is 0 Å². The maximum absolute atomic E-state index is 11.4. The third-order valence-electron chi connectivity index (χ3n) is 2.58. The zero-order chi connectivity index (χ0) is 12.5. The number of hydrogen-bond donors (Lipinski definition) is 5. The van der Waals surface area contributed by atoms with Crippen LogP contribution in [0.5, 0.6) is 0 Å². The molecule has 1 fully saturated rings. The number of rotatable bonds is 3. The molecule has 0 aromatic heterocycles. The van der Waals surface area contributed by atoms with Gasteiger partial charge >= 0.3 is 0 Å². The van der Waals surface area contributed by atoms with E-state index in [1.54, 1.807) is 0 Å². The van der Waals surface area contributed by atoms with Gasteiger partial charge in [0.15, 0.2) is 0 Å². The molecule has 1 heterocycles. The molecule has 1 aliphatic rings. The van der Waals surface area contributed by atoms with Gasteiger partial charge in [0.2, 0.25) is 11.6 Å². The number of Topliss-reactive ketones (excluding diaryl/α,β-unsaturated/α-hetero) is 1. The summed E-state index contributed by atoms with van der Waals surface area (Å²) in [6.45, 7) is -0.650. The molecule has 1 aliphatic heterocycles. The van der Waals surface area contributed by atoms with Gasteiger partial charge in [0.25, 0.3) is 0 Å². The van der Waals surface area contributed by atoms with Crippen LogP contribution >= 0.6 is 15.9 Å². The molecule has 0 radical (unpaired) electrons. The van der Waals surface area contributed by atoms with Crippen molar-refractivity contribution < 1.29 is 30.0 Å². The van der Waals surface area contributed by atoms with Crippen LogP contribution in [0.25, 0.3) is 0 Å². The molecule has 6 N–H and O–H groups in total. The Labute approximate surface area is 99.9 Å². The van der Waals surface area contributed by atoms with Crippen LogP contribution in [0.2, 0.25) is 0 Å². The van der Waals surface area contributed by atoms with E-state index in [9.17, 15) is 20.1 Å². The van der Waals surface area contributed by atoms with E-state index in [1.165, 1.54) is 0 Å². The Balaban J connectivity index is 2.98. The van der Waals surface area contributed by atoms with E-state index in [2.05, 4.69) is 15.9 Å². The standard InChI is InChI=1S/C8H14BrNO6/c9-1-4(12)8(15)7(10)6(14)5(13)3(2-11)16-8/h3,5-7,11,13-15H,1-2,10H2/t3-,5+,6+,7-,8?/m1/s1. The molecule has 8 heteroatoms. The number of nitrogens with two attached hydrogens (primary N) is 1. The molecule has 1 unspecified atom stereocenters. The predicted octanol–water partition coefficient (Wildman–Crippen LogP) is -2.92.